The quantitative estimate of drug-likeness (QED) is 0.525. The third-order valence-corrected chi connectivity index (χ3v) is 2.52. The fourth-order valence-corrected chi connectivity index (χ4v) is 2.30. The summed E-state index contributed by atoms with van der Waals surface area (Å²) in [4.78, 5) is 0. The molecule has 0 radical (unpaired) electrons. The Bertz CT molecular complexity index is 168. The van der Waals surface area contributed by atoms with E-state index in [9.17, 15) is 0 Å². The minimum Gasteiger partial charge on any atom is -0.315 e. The van der Waals surface area contributed by atoms with Gasteiger partial charge in [-0.15, -0.1) is 6.42 Å². The molecule has 1 fully saturated rings. The van der Waals surface area contributed by atoms with E-state index in [0.29, 0.717) is 11.8 Å². The van der Waals surface area contributed by atoms with Crippen LogP contribution in [0.25, 0.3) is 0 Å². The van der Waals surface area contributed by atoms with Gasteiger partial charge in [0.2, 0.25) is 0 Å². The van der Waals surface area contributed by atoms with Crippen LogP contribution in [0.2, 0.25) is 0 Å². The second-order valence-electron chi connectivity index (χ2n) is 4.15. The largest absolute Gasteiger partial charge is 0.315 e. The lowest BCUT2D eigenvalue weighted by molar-refractivity contribution is 0.227. The van der Waals surface area contributed by atoms with Crippen molar-refractivity contribution in [1.29, 1.82) is 0 Å². The Morgan fingerprint density at radius 1 is 1.36 bits per heavy atom. The van der Waals surface area contributed by atoms with Crippen molar-refractivity contribution in [1.82, 2.24) is 0 Å². The summed E-state index contributed by atoms with van der Waals surface area (Å²) in [5, 5.41) is 0. The van der Waals surface area contributed by atoms with Gasteiger partial charge in [0, 0.05) is 0 Å². The van der Waals surface area contributed by atoms with E-state index in [4.69, 9.17) is 12.2 Å². The summed E-state index contributed by atoms with van der Waals surface area (Å²) in [6.07, 6.45) is 8.65. The molecule has 62 valence electrons. The maximum Gasteiger partial charge on any atom is 0.0778 e. The minimum absolute atomic E-state index is 0.308. The predicted molar refractivity (Wildman–Crippen MR) is 47.9 cm³/mol. The molecule has 1 aliphatic carbocycles. The molecular formula is C10H17N. The minimum atomic E-state index is -0.308. The molecule has 11 heavy (non-hydrogen) atoms. The number of hydrogen-bond acceptors (Lipinski definition) is 1. The Hall–Kier alpha value is -0.480. The maximum atomic E-state index is 6.00. The van der Waals surface area contributed by atoms with Gasteiger partial charge in [-0.2, -0.15) is 0 Å². The molecule has 0 saturated heterocycles. The van der Waals surface area contributed by atoms with Gasteiger partial charge in [-0.05, 0) is 31.1 Å². The first-order chi connectivity index (χ1) is 5.06. The first-order valence-corrected chi connectivity index (χ1v) is 4.32. The highest BCUT2D eigenvalue weighted by Crippen LogP contribution is 2.33. The summed E-state index contributed by atoms with van der Waals surface area (Å²) in [7, 11) is 0. The van der Waals surface area contributed by atoms with Gasteiger partial charge in [0.05, 0.1) is 5.54 Å². The van der Waals surface area contributed by atoms with Crippen molar-refractivity contribution in [2.24, 2.45) is 17.6 Å². The molecule has 1 aliphatic rings. The van der Waals surface area contributed by atoms with E-state index >= 15 is 0 Å². The van der Waals surface area contributed by atoms with Gasteiger partial charge >= 0.3 is 0 Å². The van der Waals surface area contributed by atoms with Crippen molar-refractivity contribution in [2.75, 3.05) is 0 Å². The van der Waals surface area contributed by atoms with Gasteiger partial charge in [-0.1, -0.05) is 19.8 Å². The van der Waals surface area contributed by atoms with Crippen molar-refractivity contribution in [3.8, 4) is 12.3 Å². The summed E-state index contributed by atoms with van der Waals surface area (Å²) < 4.78 is 0. The zero-order valence-electron chi connectivity index (χ0n) is 7.43. The SMILES string of the molecule is C#CC1(N)CC(C)CC(C)C1. The molecule has 0 aliphatic heterocycles. The highest BCUT2D eigenvalue weighted by atomic mass is 14.7. The molecule has 0 aromatic carbocycles. The van der Waals surface area contributed by atoms with E-state index in [0.717, 1.165) is 12.8 Å². The normalized spacial score (nSPS) is 44.9. The Kier molecular flexibility index (Phi) is 2.25. The molecule has 1 rings (SSSR count). The van der Waals surface area contributed by atoms with Gasteiger partial charge in [0.15, 0.2) is 0 Å². The van der Waals surface area contributed by atoms with Gasteiger partial charge in [0.25, 0.3) is 0 Å². The van der Waals surface area contributed by atoms with E-state index in [2.05, 4.69) is 19.8 Å². The van der Waals surface area contributed by atoms with Gasteiger partial charge in [-0.3, -0.25) is 0 Å². The Balaban J connectivity index is 2.64. The topological polar surface area (TPSA) is 26.0 Å². The Morgan fingerprint density at radius 2 is 1.82 bits per heavy atom. The third kappa shape index (κ3) is 1.97. The second-order valence-corrected chi connectivity index (χ2v) is 4.15. The first kappa shape index (κ1) is 8.62. The van der Waals surface area contributed by atoms with Crippen molar-refractivity contribution in [3.05, 3.63) is 0 Å². The molecule has 0 aromatic heterocycles. The number of nitrogens with two attached hydrogens (primary N) is 1. The van der Waals surface area contributed by atoms with E-state index in [1.807, 2.05) is 0 Å². The highest BCUT2D eigenvalue weighted by molar-refractivity contribution is 5.13. The van der Waals surface area contributed by atoms with Crippen LogP contribution in [0, 0.1) is 24.2 Å². The average molecular weight is 151 g/mol. The van der Waals surface area contributed by atoms with Crippen molar-refractivity contribution < 1.29 is 0 Å². The van der Waals surface area contributed by atoms with Crippen LogP contribution in [-0.2, 0) is 0 Å². The molecule has 1 saturated carbocycles. The predicted octanol–water partition coefficient (Wildman–Crippen LogP) is 1.77. The number of hydrogen-bond donors (Lipinski definition) is 1. The van der Waals surface area contributed by atoms with Crippen molar-refractivity contribution in [2.45, 2.75) is 38.6 Å². The molecule has 2 atom stereocenters. The molecule has 0 heterocycles. The fraction of sp³-hybridized carbons (Fsp3) is 0.800. The molecule has 0 bridgehead atoms. The van der Waals surface area contributed by atoms with Crippen LogP contribution in [0.5, 0.6) is 0 Å². The van der Waals surface area contributed by atoms with Crippen LogP contribution >= 0.6 is 0 Å². The lowest BCUT2D eigenvalue weighted by atomic mass is 9.73. The van der Waals surface area contributed by atoms with E-state index in [1.54, 1.807) is 0 Å². The van der Waals surface area contributed by atoms with Crippen LogP contribution in [0.4, 0.5) is 0 Å². The molecule has 2 N–H and O–H groups in total. The highest BCUT2D eigenvalue weighted by Gasteiger charge is 2.32. The van der Waals surface area contributed by atoms with E-state index < -0.39 is 0 Å². The third-order valence-electron chi connectivity index (χ3n) is 2.52. The molecular weight excluding hydrogens is 134 g/mol. The van der Waals surface area contributed by atoms with Gasteiger partial charge < -0.3 is 5.73 Å². The number of rotatable bonds is 0. The van der Waals surface area contributed by atoms with Crippen LogP contribution in [0.1, 0.15) is 33.1 Å². The maximum absolute atomic E-state index is 6.00. The summed E-state index contributed by atoms with van der Waals surface area (Å²) in [6.45, 7) is 4.46. The van der Waals surface area contributed by atoms with E-state index in [-0.39, 0.29) is 5.54 Å². The molecule has 0 aromatic rings. The van der Waals surface area contributed by atoms with Crippen LogP contribution in [0.15, 0.2) is 0 Å². The molecule has 0 amide bonds. The summed E-state index contributed by atoms with van der Waals surface area (Å²) in [5.41, 5.74) is 5.69. The van der Waals surface area contributed by atoms with Crippen LogP contribution in [0.3, 0.4) is 0 Å². The molecule has 2 unspecified atom stereocenters. The van der Waals surface area contributed by atoms with Gasteiger partial charge in [-0.25, -0.2) is 0 Å². The Labute approximate surface area is 69.4 Å². The monoisotopic (exact) mass is 151 g/mol. The fourth-order valence-electron chi connectivity index (χ4n) is 2.30. The van der Waals surface area contributed by atoms with Crippen molar-refractivity contribution >= 4 is 0 Å². The first-order valence-electron chi connectivity index (χ1n) is 4.32. The molecule has 1 nitrogen and oxygen atoms in total. The summed E-state index contributed by atoms with van der Waals surface area (Å²) >= 11 is 0. The van der Waals surface area contributed by atoms with Gasteiger partial charge in [0.1, 0.15) is 0 Å². The van der Waals surface area contributed by atoms with Crippen molar-refractivity contribution in [3.63, 3.8) is 0 Å². The standard InChI is InChI=1S/C10H17N/c1-4-10(11)6-8(2)5-9(3)7-10/h1,8-9H,5-7,11H2,2-3H3. The lowest BCUT2D eigenvalue weighted by Gasteiger charge is -2.36. The zero-order valence-corrected chi connectivity index (χ0v) is 7.43. The summed E-state index contributed by atoms with van der Waals surface area (Å²) in [6, 6.07) is 0. The van der Waals surface area contributed by atoms with E-state index in [1.165, 1.54) is 6.42 Å². The summed E-state index contributed by atoms with van der Waals surface area (Å²) in [5.74, 6) is 4.11. The van der Waals surface area contributed by atoms with Crippen LogP contribution in [-0.4, -0.2) is 5.54 Å². The average Bonchev–Trinajstić information content (AvgIpc) is 1.84. The lowest BCUT2D eigenvalue weighted by Crippen LogP contribution is -2.44. The zero-order chi connectivity index (χ0) is 8.48. The molecule has 0 spiro atoms. The van der Waals surface area contributed by atoms with Crippen LogP contribution < -0.4 is 5.73 Å². The molecule has 1 heteroatoms. The Morgan fingerprint density at radius 3 is 2.18 bits per heavy atom. The number of terminal acetylenes is 1. The smallest absolute Gasteiger partial charge is 0.0778 e. The second kappa shape index (κ2) is 2.87.